The molecule has 2 heterocycles. The lowest BCUT2D eigenvalue weighted by Crippen LogP contribution is -2.43. The summed E-state index contributed by atoms with van der Waals surface area (Å²) in [6.07, 6.45) is 0. The number of nitrogens with zero attached hydrogens (tertiary/aromatic N) is 1. The van der Waals surface area contributed by atoms with E-state index in [1.807, 2.05) is 43.3 Å². The van der Waals surface area contributed by atoms with E-state index >= 15 is 0 Å². The van der Waals surface area contributed by atoms with E-state index in [1.54, 1.807) is 6.07 Å². The summed E-state index contributed by atoms with van der Waals surface area (Å²) in [5.41, 5.74) is 2.39. The van der Waals surface area contributed by atoms with Gasteiger partial charge in [0, 0.05) is 47.3 Å². The van der Waals surface area contributed by atoms with Crippen LogP contribution in [0.15, 0.2) is 46.7 Å². The van der Waals surface area contributed by atoms with Crippen molar-refractivity contribution in [2.75, 3.05) is 35.8 Å². The molecule has 0 radical (unpaired) electrons. The number of aryl methyl sites for hydroxylation is 1. The maximum Gasteiger partial charge on any atom is 0.271 e. The lowest BCUT2D eigenvalue weighted by Gasteiger charge is -2.29. The first kappa shape index (κ1) is 18.6. The molecule has 5 nitrogen and oxygen atoms in total. The van der Waals surface area contributed by atoms with E-state index in [1.165, 1.54) is 11.3 Å². The monoisotopic (exact) mass is 421 g/mol. The summed E-state index contributed by atoms with van der Waals surface area (Å²) in [5.74, 6) is 0. The van der Waals surface area contributed by atoms with Crippen molar-refractivity contribution >= 4 is 54.4 Å². The zero-order valence-corrected chi connectivity index (χ0v) is 17.2. The second-order valence-electron chi connectivity index (χ2n) is 6.54. The van der Waals surface area contributed by atoms with Gasteiger partial charge in [0.2, 0.25) is 0 Å². The molecule has 0 amide bonds. The van der Waals surface area contributed by atoms with Crippen LogP contribution in [0.4, 0.5) is 11.4 Å². The summed E-state index contributed by atoms with van der Waals surface area (Å²) >= 11 is 7.31. The van der Waals surface area contributed by atoms with Crippen LogP contribution in [-0.4, -0.2) is 34.6 Å². The third-order valence-electron chi connectivity index (χ3n) is 4.70. The number of nitrogens with one attached hydrogen (secondary N) is 2. The summed E-state index contributed by atoms with van der Waals surface area (Å²) in [6.45, 7) is 5.65. The zero-order chi connectivity index (χ0) is 19.0. The van der Waals surface area contributed by atoms with Crippen molar-refractivity contribution in [2.45, 2.75) is 11.1 Å². The Hall–Kier alpha value is -1.80. The number of anilines is 2. The van der Waals surface area contributed by atoms with Gasteiger partial charge in [-0.15, -0.1) is 11.3 Å². The van der Waals surface area contributed by atoms with Gasteiger partial charge in [0.25, 0.3) is 10.0 Å². The first-order valence-electron chi connectivity index (χ1n) is 8.71. The molecule has 1 aliphatic heterocycles. The van der Waals surface area contributed by atoms with Gasteiger partial charge in [0.1, 0.15) is 4.21 Å². The minimum absolute atomic E-state index is 0.325. The second kappa shape index (κ2) is 7.31. The number of piperazine rings is 1. The van der Waals surface area contributed by atoms with Gasteiger partial charge in [-0.05, 0) is 60.3 Å². The van der Waals surface area contributed by atoms with Gasteiger partial charge < -0.3 is 10.2 Å². The van der Waals surface area contributed by atoms with Crippen LogP contribution in [0.3, 0.4) is 0 Å². The van der Waals surface area contributed by atoms with Crippen molar-refractivity contribution in [3.05, 3.63) is 53.1 Å². The van der Waals surface area contributed by atoms with Gasteiger partial charge in [-0.2, -0.15) is 0 Å². The highest BCUT2D eigenvalue weighted by atomic mass is 35.5. The molecule has 0 saturated carbocycles. The molecule has 27 heavy (non-hydrogen) atoms. The summed E-state index contributed by atoms with van der Waals surface area (Å²) in [6, 6.07) is 13.0. The number of halogens is 1. The number of thiophene rings is 1. The molecule has 4 rings (SSSR count). The lowest BCUT2D eigenvalue weighted by atomic mass is 10.2. The molecule has 142 valence electrons. The highest BCUT2D eigenvalue weighted by Crippen LogP contribution is 2.36. The third kappa shape index (κ3) is 3.78. The first-order valence-corrected chi connectivity index (χ1v) is 11.4. The predicted molar refractivity (Wildman–Crippen MR) is 114 cm³/mol. The SMILES string of the molecule is Cc1c(S(=O)(=O)Nc2ccc(N3CCNCC3)cc2)sc2ccc(Cl)cc12. The Labute approximate surface area is 168 Å². The van der Waals surface area contributed by atoms with Crippen molar-refractivity contribution in [1.82, 2.24) is 5.32 Å². The minimum Gasteiger partial charge on any atom is -0.369 e. The Morgan fingerprint density at radius 2 is 1.81 bits per heavy atom. The van der Waals surface area contributed by atoms with E-state index < -0.39 is 10.0 Å². The normalized spacial score (nSPS) is 15.3. The van der Waals surface area contributed by atoms with E-state index in [4.69, 9.17) is 11.6 Å². The van der Waals surface area contributed by atoms with Crippen molar-refractivity contribution in [2.24, 2.45) is 0 Å². The molecule has 0 atom stereocenters. The molecule has 2 aromatic carbocycles. The van der Waals surface area contributed by atoms with Crippen LogP contribution >= 0.6 is 22.9 Å². The fourth-order valence-electron chi connectivity index (χ4n) is 3.29. The molecule has 0 unspecified atom stereocenters. The molecule has 8 heteroatoms. The fourth-order valence-corrected chi connectivity index (χ4v) is 6.27. The van der Waals surface area contributed by atoms with Gasteiger partial charge >= 0.3 is 0 Å². The molecule has 2 N–H and O–H groups in total. The Morgan fingerprint density at radius 1 is 1.11 bits per heavy atom. The lowest BCUT2D eigenvalue weighted by molar-refractivity contribution is 0.589. The van der Waals surface area contributed by atoms with Crippen molar-refractivity contribution in [3.8, 4) is 0 Å². The molecule has 0 spiro atoms. The second-order valence-corrected chi connectivity index (χ2v) is 9.91. The van der Waals surface area contributed by atoms with E-state index in [2.05, 4.69) is 14.9 Å². The molecule has 1 aliphatic rings. The number of benzene rings is 2. The van der Waals surface area contributed by atoms with Crippen LogP contribution < -0.4 is 14.9 Å². The third-order valence-corrected chi connectivity index (χ3v) is 8.21. The van der Waals surface area contributed by atoms with E-state index in [0.717, 1.165) is 47.5 Å². The Morgan fingerprint density at radius 3 is 2.52 bits per heavy atom. The van der Waals surface area contributed by atoms with Crippen molar-refractivity contribution in [1.29, 1.82) is 0 Å². The van der Waals surface area contributed by atoms with E-state index in [9.17, 15) is 8.42 Å². The minimum atomic E-state index is -3.65. The molecular weight excluding hydrogens is 402 g/mol. The van der Waals surface area contributed by atoms with Crippen LogP contribution in [0.1, 0.15) is 5.56 Å². The smallest absolute Gasteiger partial charge is 0.271 e. The van der Waals surface area contributed by atoms with Crippen LogP contribution in [-0.2, 0) is 10.0 Å². The summed E-state index contributed by atoms with van der Waals surface area (Å²) in [7, 11) is -3.65. The van der Waals surface area contributed by atoms with Crippen molar-refractivity contribution < 1.29 is 8.42 Å². The standard InChI is InChI=1S/C19H20ClN3O2S2/c1-13-17-12-14(20)2-7-18(17)26-19(13)27(24,25)22-15-3-5-16(6-4-15)23-10-8-21-9-11-23/h2-7,12,21-22H,8-11H2,1H3. The number of fused-ring (bicyclic) bond motifs is 1. The van der Waals surface area contributed by atoms with Gasteiger partial charge in [-0.3, -0.25) is 4.72 Å². The van der Waals surface area contributed by atoms with Crippen LogP contribution in [0.25, 0.3) is 10.1 Å². The van der Waals surface area contributed by atoms with E-state index in [-0.39, 0.29) is 0 Å². The highest BCUT2D eigenvalue weighted by Gasteiger charge is 2.22. The van der Waals surface area contributed by atoms with Crippen LogP contribution in [0.2, 0.25) is 5.02 Å². The molecule has 1 aromatic heterocycles. The Kier molecular flexibility index (Phi) is 5.03. The molecule has 1 saturated heterocycles. The topological polar surface area (TPSA) is 61.4 Å². The van der Waals surface area contributed by atoms with Gasteiger partial charge in [-0.1, -0.05) is 11.6 Å². The van der Waals surface area contributed by atoms with E-state index in [0.29, 0.717) is 14.9 Å². The van der Waals surface area contributed by atoms with Gasteiger partial charge in [0.05, 0.1) is 0 Å². The summed E-state index contributed by atoms with van der Waals surface area (Å²) < 4.78 is 29.8. The summed E-state index contributed by atoms with van der Waals surface area (Å²) in [5, 5.41) is 4.80. The molecule has 0 aliphatic carbocycles. The fraction of sp³-hybridized carbons (Fsp3) is 0.263. The van der Waals surface area contributed by atoms with Crippen LogP contribution in [0.5, 0.6) is 0 Å². The average Bonchev–Trinajstić information content (AvgIpc) is 3.00. The van der Waals surface area contributed by atoms with Gasteiger partial charge in [0.15, 0.2) is 0 Å². The maximum atomic E-state index is 12.9. The zero-order valence-electron chi connectivity index (χ0n) is 14.8. The molecule has 1 fully saturated rings. The molecular formula is C19H20ClN3O2S2. The summed E-state index contributed by atoms with van der Waals surface area (Å²) in [4.78, 5) is 2.29. The quantitative estimate of drug-likeness (QED) is 0.666. The Balaban J connectivity index is 1.59. The number of hydrogen-bond donors (Lipinski definition) is 2. The predicted octanol–water partition coefficient (Wildman–Crippen LogP) is 4.07. The molecule has 3 aromatic rings. The van der Waals surface area contributed by atoms with Gasteiger partial charge in [-0.25, -0.2) is 8.42 Å². The Bertz CT molecular complexity index is 1070. The van der Waals surface area contributed by atoms with Crippen LogP contribution in [0, 0.1) is 6.92 Å². The number of hydrogen-bond acceptors (Lipinski definition) is 5. The number of rotatable bonds is 4. The molecule has 0 bridgehead atoms. The maximum absolute atomic E-state index is 12.9. The highest BCUT2D eigenvalue weighted by molar-refractivity contribution is 7.94. The average molecular weight is 422 g/mol. The van der Waals surface area contributed by atoms with Crippen molar-refractivity contribution in [3.63, 3.8) is 0 Å². The first-order chi connectivity index (χ1) is 12.9. The largest absolute Gasteiger partial charge is 0.369 e. The number of sulfonamides is 1.